The van der Waals surface area contributed by atoms with Crippen molar-refractivity contribution in [3.8, 4) is 11.3 Å². The molecular formula is C14H14BrN3S. The van der Waals surface area contributed by atoms with Crippen molar-refractivity contribution < 1.29 is 0 Å². The molecule has 2 heterocycles. The van der Waals surface area contributed by atoms with Gasteiger partial charge in [0.25, 0.3) is 0 Å². The predicted octanol–water partition coefficient (Wildman–Crippen LogP) is 3.82. The number of nitrogens with one attached hydrogen (secondary N) is 2. The Bertz CT molecular complexity index is 702. The number of hydrogen-bond acceptors (Lipinski definition) is 3. The van der Waals surface area contributed by atoms with Crippen LogP contribution in [-0.2, 0) is 6.42 Å². The number of H-pyrrole nitrogens is 1. The maximum atomic E-state index is 4.70. The Morgan fingerprint density at radius 3 is 3.05 bits per heavy atom. The van der Waals surface area contributed by atoms with Gasteiger partial charge < -0.3 is 10.3 Å². The van der Waals surface area contributed by atoms with Crippen LogP contribution in [0.3, 0.4) is 0 Å². The number of benzene rings is 1. The van der Waals surface area contributed by atoms with Crippen molar-refractivity contribution in [2.45, 2.75) is 6.42 Å². The largest absolute Gasteiger partial charge is 0.336 e. The molecule has 0 fully saturated rings. The van der Waals surface area contributed by atoms with Crippen molar-refractivity contribution in [3.63, 3.8) is 0 Å². The molecule has 2 aromatic heterocycles. The van der Waals surface area contributed by atoms with E-state index in [1.807, 2.05) is 7.05 Å². The molecule has 0 saturated heterocycles. The Labute approximate surface area is 124 Å². The summed E-state index contributed by atoms with van der Waals surface area (Å²) < 4.78 is 2.26. The van der Waals surface area contributed by atoms with Gasteiger partial charge >= 0.3 is 0 Å². The molecular weight excluding hydrogens is 322 g/mol. The van der Waals surface area contributed by atoms with Gasteiger partial charge in [-0.2, -0.15) is 0 Å². The SMILES string of the molecule is CNCCc1nc(-c2csc3ccccc23)c(Br)[nH]1. The number of imidazole rings is 1. The highest BCUT2D eigenvalue weighted by atomic mass is 79.9. The summed E-state index contributed by atoms with van der Waals surface area (Å²) in [7, 11) is 1.95. The van der Waals surface area contributed by atoms with E-state index in [0.29, 0.717) is 0 Å². The fourth-order valence-electron chi connectivity index (χ4n) is 2.10. The van der Waals surface area contributed by atoms with Crippen molar-refractivity contribution in [1.29, 1.82) is 0 Å². The van der Waals surface area contributed by atoms with Crippen molar-refractivity contribution in [2.24, 2.45) is 0 Å². The maximum absolute atomic E-state index is 4.70. The van der Waals surface area contributed by atoms with Crippen molar-refractivity contribution >= 4 is 37.4 Å². The van der Waals surface area contributed by atoms with Crippen molar-refractivity contribution in [1.82, 2.24) is 15.3 Å². The lowest BCUT2D eigenvalue weighted by Crippen LogP contribution is -2.11. The number of hydrogen-bond donors (Lipinski definition) is 2. The minimum Gasteiger partial charge on any atom is -0.336 e. The normalized spacial score (nSPS) is 11.3. The third kappa shape index (κ3) is 2.45. The zero-order valence-corrected chi connectivity index (χ0v) is 12.9. The molecule has 0 atom stereocenters. The fourth-order valence-corrected chi connectivity index (χ4v) is 3.58. The summed E-state index contributed by atoms with van der Waals surface area (Å²) in [4.78, 5) is 8.01. The number of halogens is 1. The third-order valence-corrected chi connectivity index (χ3v) is 4.59. The van der Waals surface area contributed by atoms with E-state index < -0.39 is 0 Å². The molecule has 3 aromatic rings. The van der Waals surface area contributed by atoms with E-state index in [1.54, 1.807) is 11.3 Å². The molecule has 98 valence electrons. The highest BCUT2D eigenvalue weighted by molar-refractivity contribution is 9.10. The van der Waals surface area contributed by atoms with Gasteiger partial charge in [0.1, 0.15) is 16.1 Å². The van der Waals surface area contributed by atoms with Gasteiger partial charge in [0, 0.05) is 34.0 Å². The molecule has 1 aromatic carbocycles. The molecule has 19 heavy (non-hydrogen) atoms. The van der Waals surface area contributed by atoms with Gasteiger partial charge in [0.15, 0.2) is 0 Å². The summed E-state index contributed by atoms with van der Waals surface area (Å²) >= 11 is 5.34. The number of nitrogens with zero attached hydrogens (tertiary/aromatic N) is 1. The summed E-state index contributed by atoms with van der Waals surface area (Å²) in [6.07, 6.45) is 0.900. The van der Waals surface area contributed by atoms with Crippen LogP contribution in [0.25, 0.3) is 21.3 Å². The quantitative estimate of drug-likeness (QED) is 0.760. The minimum absolute atomic E-state index is 0.900. The lowest BCUT2D eigenvalue weighted by Gasteiger charge is -1.96. The summed E-state index contributed by atoms with van der Waals surface area (Å²) in [6, 6.07) is 8.43. The first-order valence-corrected chi connectivity index (χ1v) is 7.82. The Kier molecular flexibility index (Phi) is 3.68. The molecule has 5 heteroatoms. The van der Waals surface area contributed by atoms with Crippen LogP contribution in [0.5, 0.6) is 0 Å². The molecule has 3 nitrogen and oxygen atoms in total. The highest BCUT2D eigenvalue weighted by Gasteiger charge is 2.13. The van der Waals surface area contributed by atoms with Crippen LogP contribution in [-0.4, -0.2) is 23.6 Å². The molecule has 0 unspecified atom stereocenters. The first-order valence-electron chi connectivity index (χ1n) is 6.15. The second kappa shape index (κ2) is 5.45. The number of fused-ring (bicyclic) bond motifs is 1. The molecule has 0 amide bonds. The van der Waals surface area contributed by atoms with E-state index in [9.17, 15) is 0 Å². The monoisotopic (exact) mass is 335 g/mol. The molecule has 0 aliphatic heterocycles. The average molecular weight is 336 g/mol. The van der Waals surface area contributed by atoms with E-state index in [4.69, 9.17) is 4.98 Å². The molecule has 0 saturated carbocycles. The van der Waals surface area contributed by atoms with Gasteiger partial charge in [0.05, 0.1) is 0 Å². The number of aromatic amines is 1. The lowest BCUT2D eigenvalue weighted by atomic mass is 10.1. The summed E-state index contributed by atoms with van der Waals surface area (Å²) in [5.41, 5.74) is 2.20. The van der Waals surface area contributed by atoms with Crippen LogP contribution in [0, 0.1) is 0 Å². The third-order valence-electron chi connectivity index (χ3n) is 3.06. The topological polar surface area (TPSA) is 40.7 Å². The predicted molar refractivity (Wildman–Crippen MR) is 84.7 cm³/mol. The second-order valence-electron chi connectivity index (χ2n) is 4.35. The average Bonchev–Trinajstić information content (AvgIpc) is 2.99. The molecule has 2 N–H and O–H groups in total. The molecule has 0 aliphatic rings. The maximum Gasteiger partial charge on any atom is 0.110 e. The lowest BCUT2D eigenvalue weighted by molar-refractivity contribution is 0.764. The van der Waals surface area contributed by atoms with E-state index in [-0.39, 0.29) is 0 Å². The standard InChI is InChI=1S/C14H14BrN3S/c1-16-7-6-12-17-13(14(15)18-12)10-8-19-11-5-3-2-4-9(10)11/h2-5,8,16H,6-7H2,1H3,(H,17,18). The zero-order chi connectivity index (χ0) is 13.2. The Morgan fingerprint density at radius 2 is 2.21 bits per heavy atom. The Morgan fingerprint density at radius 1 is 1.37 bits per heavy atom. The molecule has 0 radical (unpaired) electrons. The molecule has 0 aliphatic carbocycles. The van der Waals surface area contributed by atoms with Crippen LogP contribution in [0.4, 0.5) is 0 Å². The van der Waals surface area contributed by atoms with Crippen LogP contribution in [0.15, 0.2) is 34.2 Å². The van der Waals surface area contributed by atoms with Gasteiger partial charge in [-0.15, -0.1) is 11.3 Å². The van der Waals surface area contributed by atoms with Gasteiger partial charge in [-0.3, -0.25) is 0 Å². The van der Waals surface area contributed by atoms with Gasteiger partial charge in [0.2, 0.25) is 0 Å². The van der Waals surface area contributed by atoms with Crippen molar-refractivity contribution in [2.75, 3.05) is 13.6 Å². The minimum atomic E-state index is 0.900. The first-order chi connectivity index (χ1) is 9.29. The van der Waals surface area contributed by atoms with E-state index in [1.165, 1.54) is 15.6 Å². The smallest absolute Gasteiger partial charge is 0.110 e. The highest BCUT2D eigenvalue weighted by Crippen LogP contribution is 2.36. The second-order valence-corrected chi connectivity index (χ2v) is 6.05. The van der Waals surface area contributed by atoms with E-state index in [0.717, 1.165) is 29.1 Å². The first kappa shape index (κ1) is 12.8. The van der Waals surface area contributed by atoms with Crippen LogP contribution < -0.4 is 5.32 Å². The van der Waals surface area contributed by atoms with Crippen LogP contribution in [0.1, 0.15) is 5.82 Å². The van der Waals surface area contributed by atoms with Crippen molar-refractivity contribution in [3.05, 3.63) is 40.1 Å². The van der Waals surface area contributed by atoms with E-state index >= 15 is 0 Å². The Hall–Kier alpha value is -1.17. The summed E-state index contributed by atoms with van der Waals surface area (Å²) in [5, 5.41) is 6.57. The van der Waals surface area contributed by atoms with Gasteiger partial charge in [-0.05, 0) is 29.0 Å². The summed E-state index contributed by atoms with van der Waals surface area (Å²) in [6.45, 7) is 0.920. The zero-order valence-electron chi connectivity index (χ0n) is 10.5. The van der Waals surface area contributed by atoms with E-state index in [2.05, 4.69) is 55.9 Å². The Balaban J connectivity index is 2.04. The van der Waals surface area contributed by atoms with Crippen LogP contribution >= 0.6 is 27.3 Å². The number of aromatic nitrogens is 2. The fraction of sp³-hybridized carbons (Fsp3) is 0.214. The molecule has 3 rings (SSSR count). The summed E-state index contributed by atoms with van der Waals surface area (Å²) in [5.74, 6) is 1.01. The molecule has 0 spiro atoms. The van der Waals surface area contributed by atoms with Gasteiger partial charge in [-0.1, -0.05) is 18.2 Å². The number of rotatable bonds is 4. The van der Waals surface area contributed by atoms with Gasteiger partial charge in [-0.25, -0.2) is 4.98 Å². The number of thiophene rings is 1. The molecule has 0 bridgehead atoms. The number of likely N-dealkylation sites (N-methyl/N-ethyl adjacent to an activating group) is 1. The van der Waals surface area contributed by atoms with Crippen LogP contribution in [0.2, 0.25) is 0 Å².